The van der Waals surface area contributed by atoms with Crippen molar-refractivity contribution < 1.29 is 14.4 Å². The fourth-order valence-electron chi connectivity index (χ4n) is 5.06. The lowest BCUT2D eigenvalue weighted by molar-refractivity contribution is -0.143. The largest absolute Gasteiger partial charge is 0.350 e. The number of amides is 3. The van der Waals surface area contributed by atoms with Crippen LogP contribution in [0.25, 0.3) is 11.3 Å². The van der Waals surface area contributed by atoms with Crippen LogP contribution in [0.2, 0.25) is 0 Å². The van der Waals surface area contributed by atoms with Crippen LogP contribution in [0, 0.1) is 11.8 Å². The molecule has 1 aliphatic carbocycles. The first-order valence-electron chi connectivity index (χ1n) is 11.9. The number of hydrogen-bond acceptors (Lipinski definition) is 4. The number of imide groups is 1. The summed E-state index contributed by atoms with van der Waals surface area (Å²) in [5.74, 6) is -1.20. The monoisotopic (exact) mass is 456 g/mol. The Morgan fingerprint density at radius 1 is 0.912 bits per heavy atom. The molecule has 3 aromatic rings. The van der Waals surface area contributed by atoms with E-state index in [1.807, 2.05) is 71.5 Å². The van der Waals surface area contributed by atoms with Crippen molar-refractivity contribution in [3.63, 3.8) is 0 Å². The lowest BCUT2D eigenvalue weighted by Gasteiger charge is -2.19. The highest BCUT2D eigenvalue weighted by Crippen LogP contribution is 2.37. The average molecular weight is 457 g/mol. The van der Waals surface area contributed by atoms with E-state index in [0.29, 0.717) is 6.54 Å². The van der Waals surface area contributed by atoms with Crippen LogP contribution in [0.5, 0.6) is 0 Å². The van der Waals surface area contributed by atoms with Crippen molar-refractivity contribution in [2.24, 2.45) is 11.8 Å². The second-order valence-corrected chi connectivity index (χ2v) is 9.09. The van der Waals surface area contributed by atoms with Crippen LogP contribution in [-0.2, 0) is 27.5 Å². The molecule has 7 heteroatoms. The maximum absolute atomic E-state index is 12.7. The first-order valence-corrected chi connectivity index (χ1v) is 11.9. The van der Waals surface area contributed by atoms with Crippen LogP contribution in [0.1, 0.15) is 36.8 Å². The first kappa shape index (κ1) is 22.1. The minimum Gasteiger partial charge on any atom is -0.350 e. The van der Waals surface area contributed by atoms with Crippen LogP contribution in [0.3, 0.4) is 0 Å². The summed E-state index contributed by atoms with van der Waals surface area (Å²) in [5, 5.41) is 7.67. The molecule has 3 amide bonds. The van der Waals surface area contributed by atoms with Gasteiger partial charge in [0, 0.05) is 23.9 Å². The summed E-state index contributed by atoms with van der Waals surface area (Å²) in [6, 6.07) is 19.9. The van der Waals surface area contributed by atoms with Gasteiger partial charge in [0.15, 0.2) is 0 Å². The van der Waals surface area contributed by atoms with Crippen LogP contribution in [-0.4, -0.2) is 38.9 Å². The van der Waals surface area contributed by atoms with Gasteiger partial charge in [-0.3, -0.25) is 24.0 Å². The van der Waals surface area contributed by atoms with Gasteiger partial charge in [0.05, 0.1) is 24.1 Å². The van der Waals surface area contributed by atoms with E-state index in [1.54, 1.807) is 0 Å². The molecule has 1 saturated heterocycles. The Kier molecular flexibility index (Phi) is 6.25. The Morgan fingerprint density at radius 2 is 1.53 bits per heavy atom. The zero-order chi connectivity index (χ0) is 23.5. The van der Waals surface area contributed by atoms with Crippen LogP contribution in [0.15, 0.2) is 66.9 Å². The Morgan fingerprint density at radius 3 is 2.18 bits per heavy atom. The van der Waals surface area contributed by atoms with Gasteiger partial charge in [0.1, 0.15) is 6.54 Å². The van der Waals surface area contributed by atoms with Crippen LogP contribution in [0.4, 0.5) is 0 Å². The van der Waals surface area contributed by atoms with Gasteiger partial charge in [0.25, 0.3) is 0 Å². The molecule has 1 saturated carbocycles. The molecule has 0 bridgehead atoms. The van der Waals surface area contributed by atoms with Crippen molar-refractivity contribution in [2.45, 2.75) is 38.8 Å². The van der Waals surface area contributed by atoms with Crippen molar-refractivity contribution in [3.05, 3.63) is 78.0 Å². The number of benzene rings is 2. The van der Waals surface area contributed by atoms with Gasteiger partial charge in [-0.2, -0.15) is 5.10 Å². The van der Waals surface area contributed by atoms with E-state index in [1.165, 1.54) is 0 Å². The lowest BCUT2D eigenvalue weighted by atomic mass is 9.81. The average Bonchev–Trinajstić information content (AvgIpc) is 3.38. The molecule has 2 heterocycles. The van der Waals surface area contributed by atoms with Crippen LogP contribution < -0.4 is 5.32 Å². The molecule has 1 N–H and O–H groups in total. The van der Waals surface area contributed by atoms with Gasteiger partial charge >= 0.3 is 0 Å². The predicted molar refractivity (Wildman–Crippen MR) is 127 cm³/mol. The van der Waals surface area contributed by atoms with E-state index in [-0.39, 0.29) is 42.6 Å². The summed E-state index contributed by atoms with van der Waals surface area (Å²) in [5.41, 5.74) is 3.78. The summed E-state index contributed by atoms with van der Waals surface area (Å²) in [6.07, 6.45) is 5.37. The van der Waals surface area contributed by atoms with Crippen molar-refractivity contribution in [3.8, 4) is 11.3 Å². The van der Waals surface area contributed by atoms with E-state index in [2.05, 4.69) is 5.32 Å². The summed E-state index contributed by atoms with van der Waals surface area (Å²) < 4.78 is 1.87. The predicted octanol–water partition coefficient (Wildman–Crippen LogP) is 3.39. The summed E-state index contributed by atoms with van der Waals surface area (Å²) >= 11 is 0. The Labute approximate surface area is 198 Å². The highest BCUT2D eigenvalue weighted by Gasteiger charge is 2.48. The van der Waals surface area contributed by atoms with Crippen molar-refractivity contribution in [1.82, 2.24) is 20.0 Å². The van der Waals surface area contributed by atoms with Crippen molar-refractivity contribution >= 4 is 17.7 Å². The summed E-state index contributed by atoms with van der Waals surface area (Å²) in [4.78, 5) is 39.3. The Balaban J connectivity index is 1.29. The number of carbonyl (C=O) groups is 3. The zero-order valence-electron chi connectivity index (χ0n) is 19.0. The summed E-state index contributed by atoms with van der Waals surface area (Å²) in [6.45, 7) is 0.665. The van der Waals surface area contributed by atoms with Gasteiger partial charge in [0.2, 0.25) is 17.7 Å². The van der Waals surface area contributed by atoms with Gasteiger partial charge in [-0.15, -0.1) is 0 Å². The second-order valence-electron chi connectivity index (χ2n) is 9.09. The minimum absolute atomic E-state index is 0.189. The fourth-order valence-corrected chi connectivity index (χ4v) is 5.06. The first-order chi connectivity index (χ1) is 16.6. The number of likely N-dealkylation sites (tertiary alicyclic amines) is 1. The number of hydrogen-bond donors (Lipinski definition) is 1. The molecule has 5 rings (SSSR count). The molecule has 2 atom stereocenters. The Bertz CT molecular complexity index is 1170. The number of carbonyl (C=O) groups excluding carboxylic acids is 3. The Hall–Kier alpha value is -3.74. The van der Waals surface area contributed by atoms with Crippen molar-refractivity contribution in [2.75, 3.05) is 6.54 Å². The molecule has 2 aliphatic rings. The molecule has 1 aromatic heterocycles. The van der Waals surface area contributed by atoms with Gasteiger partial charge in [-0.1, -0.05) is 73.5 Å². The molecule has 0 spiro atoms. The highest BCUT2D eigenvalue weighted by atomic mass is 16.2. The molecule has 2 fully saturated rings. The standard InChI is InChI=1S/C27H28N4O3/c32-24(18-31-26(33)22-13-7-8-14-23(22)27(31)34)28-15-21-17-30(16-19-9-3-1-4-10-19)29-25(21)20-11-5-2-6-12-20/h1-6,9-12,17,22-23H,7-8,13-16,18H2,(H,28,32)/t22-,23-/m1/s1. The number of nitrogens with zero attached hydrogens (tertiary/aromatic N) is 3. The maximum atomic E-state index is 12.7. The molecule has 174 valence electrons. The lowest BCUT2D eigenvalue weighted by Crippen LogP contribution is -2.40. The second kappa shape index (κ2) is 9.63. The SMILES string of the molecule is O=C(CN1C(=O)[C@@H]2CCCC[C@H]2C1=O)NCc1cn(Cc2ccccc2)nc1-c1ccccc1. The van der Waals surface area contributed by atoms with Crippen LogP contribution >= 0.6 is 0 Å². The number of fused-ring (bicyclic) bond motifs is 1. The molecular weight excluding hydrogens is 428 g/mol. The molecule has 0 radical (unpaired) electrons. The molecule has 0 unspecified atom stereocenters. The molecule has 7 nitrogen and oxygen atoms in total. The van der Waals surface area contributed by atoms with Crippen molar-refractivity contribution in [1.29, 1.82) is 0 Å². The van der Waals surface area contributed by atoms with Gasteiger partial charge in [-0.25, -0.2) is 0 Å². The fraction of sp³-hybridized carbons (Fsp3) is 0.333. The number of aromatic nitrogens is 2. The normalized spacial score (nSPS) is 19.8. The molecular formula is C27H28N4O3. The number of nitrogens with one attached hydrogen (secondary N) is 1. The molecule has 1 aliphatic heterocycles. The third-order valence-corrected chi connectivity index (χ3v) is 6.78. The zero-order valence-corrected chi connectivity index (χ0v) is 19.0. The topological polar surface area (TPSA) is 84.3 Å². The van der Waals surface area contributed by atoms with E-state index in [0.717, 1.165) is 53.0 Å². The third kappa shape index (κ3) is 4.51. The molecule has 34 heavy (non-hydrogen) atoms. The molecule has 2 aromatic carbocycles. The number of rotatable bonds is 7. The maximum Gasteiger partial charge on any atom is 0.240 e. The van der Waals surface area contributed by atoms with E-state index in [4.69, 9.17) is 5.10 Å². The summed E-state index contributed by atoms with van der Waals surface area (Å²) in [7, 11) is 0. The highest BCUT2D eigenvalue weighted by molar-refractivity contribution is 6.07. The van der Waals surface area contributed by atoms with E-state index in [9.17, 15) is 14.4 Å². The van der Waals surface area contributed by atoms with Gasteiger partial charge in [-0.05, 0) is 18.4 Å². The van der Waals surface area contributed by atoms with E-state index < -0.39 is 0 Å². The smallest absolute Gasteiger partial charge is 0.240 e. The third-order valence-electron chi connectivity index (χ3n) is 6.78. The minimum atomic E-state index is -0.338. The quantitative estimate of drug-likeness (QED) is 0.553. The van der Waals surface area contributed by atoms with Gasteiger partial charge < -0.3 is 5.32 Å². The van der Waals surface area contributed by atoms with E-state index >= 15 is 0 Å².